The molecule has 1 aliphatic rings. The number of furan rings is 1. The largest absolute Gasteiger partial charge is 0.480 e. The van der Waals surface area contributed by atoms with Crippen LogP contribution in [0.4, 0.5) is 13.2 Å². The summed E-state index contributed by atoms with van der Waals surface area (Å²) in [7, 11) is 0. The third kappa shape index (κ3) is 5.16. The number of rotatable bonds is 6. The number of hydrogen-bond donors (Lipinski definition) is 1. The van der Waals surface area contributed by atoms with Crippen LogP contribution in [0.25, 0.3) is 11.0 Å². The number of nitrogens with one attached hydrogen (secondary N) is 1. The van der Waals surface area contributed by atoms with E-state index in [0.717, 1.165) is 10.6 Å². The summed E-state index contributed by atoms with van der Waals surface area (Å²) >= 11 is 1.50. The van der Waals surface area contributed by atoms with Gasteiger partial charge in [-0.15, -0.1) is 11.3 Å². The molecule has 0 unspecified atom stereocenters. The highest BCUT2D eigenvalue weighted by atomic mass is 32.1. The third-order valence-corrected chi connectivity index (χ3v) is 6.36. The number of carbonyl (C=O) groups is 1. The molecule has 2 aromatic heterocycles. The number of fused-ring (bicyclic) bond motifs is 1. The van der Waals surface area contributed by atoms with Gasteiger partial charge >= 0.3 is 6.18 Å². The molecule has 1 amide bonds. The molecule has 1 saturated heterocycles. The van der Waals surface area contributed by atoms with Crippen molar-refractivity contribution in [2.24, 2.45) is 0 Å². The number of hydrogen-bond acceptors (Lipinski definition) is 6. The molecule has 3 heterocycles. The summed E-state index contributed by atoms with van der Waals surface area (Å²) in [5.41, 5.74) is 3.43. The number of halogens is 3. The monoisotopic (exact) mass is 465 g/mol. The Morgan fingerprint density at radius 3 is 2.75 bits per heavy atom. The van der Waals surface area contributed by atoms with Gasteiger partial charge in [-0.2, -0.15) is 13.2 Å². The van der Waals surface area contributed by atoms with Crippen molar-refractivity contribution in [3.8, 4) is 5.75 Å². The van der Waals surface area contributed by atoms with E-state index in [0.29, 0.717) is 47.5 Å². The first kappa shape index (κ1) is 22.4. The quantitative estimate of drug-likeness (QED) is 0.583. The van der Waals surface area contributed by atoms with Gasteiger partial charge in [-0.1, -0.05) is 0 Å². The summed E-state index contributed by atoms with van der Waals surface area (Å²) in [6, 6.07) is 7.28. The van der Waals surface area contributed by atoms with E-state index in [9.17, 15) is 18.0 Å². The number of amides is 1. The lowest BCUT2D eigenvalue weighted by atomic mass is 10.0. The van der Waals surface area contributed by atoms with Crippen LogP contribution in [0.1, 0.15) is 39.5 Å². The van der Waals surface area contributed by atoms with Crippen molar-refractivity contribution in [3.63, 3.8) is 0 Å². The average Bonchev–Trinajstić information content (AvgIpc) is 3.28. The number of likely N-dealkylation sites (tertiary alicyclic amines) is 1. The zero-order chi connectivity index (χ0) is 22.9. The molecule has 6 nitrogen and oxygen atoms in total. The summed E-state index contributed by atoms with van der Waals surface area (Å²) in [4.78, 5) is 19.5. The zero-order valence-electron chi connectivity index (χ0n) is 17.6. The minimum atomic E-state index is -4.21. The van der Waals surface area contributed by atoms with Gasteiger partial charge in [-0.25, -0.2) is 4.98 Å². The van der Waals surface area contributed by atoms with Crippen LogP contribution in [0.15, 0.2) is 16.0 Å². The Hall–Kier alpha value is -2.77. The molecule has 1 aromatic carbocycles. The van der Waals surface area contributed by atoms with Gasteiger partial charge < -0.3 is 14.5 Å². The van der Waals surface area contributed by atoms with E-state index in [-0.39, 0.29) is 25.0 Å². The second kappa shape index (κ2) is 9.00. The van der Waals surface area contributed by atoms with Crippen molar-refractivity contribution >= 4 is 28.2 Å². The average molecular weight is 465 g/mol. The van der Waals surface area contributed by atoms with E-state index in [1.165, 1.54) is 16.2 Å². The van der Waals surface area contributed by atoms with Crippen LogP contribution in [-0.2, 0) is 6.61 Å². The van der Waals surface area contributed by atoms with Gasteiger partial charge in [-0.05, 0) is 38.8 Å². The van der Waals surface area contributed by atoms with Gasteiger partial charge in [-0.3, -0.25) is 9.69 Å². The summed E-state index contributed by atoms with van der Waals surface area (Å²) in [5.74, 6) is 0.548. The maximum atomic E-state index is 13.0. The normalized spacial score (nSPS) is 15.7. The molecule has 3 aromatic rings. The molecular weight excluding hydrogens is 443 g/mol. The Morgan fingerprint density at radius 2 is 2.09 bits per heavy atom. The molecular formula is C22H22F3N3O3S. The first-order valence-electron chi connectivity index (χ1n) is 10.2. The standard InChI is InChI=1S/C22H22F3N3O3S/c1-13-19(32-12-26-13)10-30-16-3-4-18-17(9-16)20(14(2)31-18)21(29)27-15-5-7-28(8-6-15)11-22(23,24)25/h9,12,15H,5-8,10-11H2,1-2H3,(H,27,29). The van der Waals surface area contributed by atoms with E-state index in [1.807, 2.05) is 6.92 Å². The van der Waals surface area contributed by atoms with Crippen LogP contribution in [-0.4, -0.2) is 47.6 Å². The third-order valence-electron chi connectivity index (χ3n) is 5.45. The molecule has 0 atom stereocenters. The van der Waals surface area contributed by atoms with Crippen LogP contribution in [0.5, 0.6) is 5.75 Å². The van der Waals surface area contributed by atoms with Crippen molar-refractivity contribution in [1.82, 2.24) is 15.2 Å². The van der Waals surface area contributed by atoms with E-state index in [2.05, 4.69) is 22.4 Å². The number of ether oxygens (including phenoxy) is 1. The maximum absolute atomic E-state index is 13.0. The Kier molecular flexibility index (Phi) is 6.31. The predicted octanol–water partition coefficient (Wildman–Crippen LogP) is 4.44. The first-order valence-corrected chi connectivity index (χ1v) is 11.1. The molecule has 1 N–H and O–H groups in total. The fourth-order valence-electron chi connectivity index (χ4n) is 3.79. The van der Waals surface area contributed by atoms with Crippen LogP contribution < -0.4 is 10.1 Å². The van der Waals surface area contributed by atoms with Gasteiger partial charge in [0.15, 0.2) is 11.3 Å². The Morgan fingerprint density at radius 1 is 1.34 bits per heavy atom. The summed E-state index contributed by atoms with van der Waals surface area (Å²) in [6.45, 7) is 3.58. The van der Waals surface area contributed by atoms with Gasteiger partial charge in [0.25, 0.3) is 5.91 Å². The van der Waals surface area contributed by atoms with Crippen LogP contribution >= 0.6 is 11.3 Å². The second-order valence-corrected chi connectivity index (χ2v) is 8.76. The first-order chi connectivity index (χ1) is 15.2. The number of aromatic nitrogens is 1. The molecule has 4 rings (SSSR count). The number of alkyl halides is 3. The van der Waals surface area contributed by atoms with E-state index in [4.69, 9.17) is 9.15 Å². The van der Waals surface area contributed by atoms with Crippen molar-refractivity contribution in [1.29, 1.82) is 0 Å². The van der Waals surface area contributed by atoms with Crippen molar-refractivity contribution in [2.45, 2.75) is 45.5 Å². The highest BCUT2D eigenvalue weighted by Crippen LogP contribution is 2.28. The van der Waals surface area contributed by atoms with E-state index in [1.54, 1.807) is 18.5 Å². The summed E-state index contributed by atoms with van der Waals surface area (Å²) in [6.07, 6.45) is -3.30. The highest BCUT2D eigenvalue weighted by Gasteiger charge is 2.33. The maximum Gasteiger partial charge on any atom is 0.401 e. The lowest BCUT2D eigenvalue weighted by Crippen LogP contribution is -2.47. The molecule has 0 radical (unpaired) electrons. The number of piperidine rings is 1. The fourth-order valence-corrected chi connectivity index (χ4v) is 4.48. The van der Waals surface area contributed by atoms with E-state index < -0.39 is 12.7 Å². The molecule has 10 heteroatoms. The smallest absolute Gasteiger partial charge is 0.401 e. The van der Waals surface area contributed by atoms with Crippen molar-refractivity contribution in [3.05, 3.63) is 45.6 Å². The fraction of sp³-hybridized carbons (Fsp3) is 0.455. The molecule has 1 fully saturated rings. The zero-order valence-corrected chi connectivity index (χ0v) is 18.5. The summed E-state index contributed by atoms with van der Waals surface area (Å²) in [5, 5.41) is 3.50. The molecule has 1 aliphatic heterocycles. The molecule has 170 valence electrons. The Balaban J connectivity index is 1.43. The van der Waals surface area contributed by atoms with Gasteiger partial charge in [0.2, 0.25) is 0 Å². The molecule has 32 heavy (non-hydrogen) atoms. The number of thiazole rings is 1. The molecule has 0 aliphatic carbocycles. The predicted molar refractivity (Wildman–Crippen MR) is 113 cm³/mol. The SMILES string of the molecule is Cc1ncsc1COc1c#cc2oc(C)c(C(=O)NC3CCN(CC(F)(F)F)CC3)c2c1. The van der Waals surface area contributed by atoms with Crippen LogP contribution in [0, 0.1) is 26.0 Å². The minimum Gasteiger partial charge on any atom is -0.480 e. The topological polar surface area (TPSA) is 67.6 Å². The lowest BCUT2D eigenvalue weighted by Gasteiger charge is -2.32. The lowest BCUT2D eigenvalue weighted by molar-refractivity contribution is -0.148. The van der Waals surface area contributed by atoms with Crippen LogP contribution in [0.3, 0.4) is 0 Å². The number of nitrogens with zero attached hydrogens (tertiary/aromatic N) is 2. The Labute approximate surface area is 187 Å². The van der Waals surface area contributed by atoms with E-state index >= 15 is 0 Å². The highest BCUT2D eigenvalue weighted by molar-refractivity contribution is 7.09. The minimum absolute atomic E-state index is 0.194. The van der Waals surface area contributed by atoms with Crippen LogP contribution in [0.2, 0.25) is 0 Å². The van der Waals surface area contributed by atoms with Crippen molar-refractivity contribution in [2.75, 3.05) is 19.6 Å². The molecule has 0 saturated carbocycles. The molecule has 0 spiro atoms. The number of carbonyl (C=O) groups excluding carboxylic acids is 1. The van der Waals surface area contributed by atoms with Gasteiger partial charge in [0, 0.05) is 30.6 Å². The number of aryl methyl sites for hydroxylation is 2. The van der Waals surface area contributed by atoms with Gasteiger partial charge in [0.1, 0.15) is 12.4 Å². The second-order valence-electron chi connectivity index (χ2n) is 7.82. The molecule has 0 bridgehead atoms. The summed E-state index contributed by atoms with van der Waals surface area (Å²) < 4.78 is 49.2. The Bertz CT molecular complexity index is 1100. The van der Waals surface area contributed by atoms with Gasteiger partial charge in [0.05, 0.1) is 28.2 Å². The van der Waals surface area contributed by atoms with Crippen molar-refractivity contribution < 1.29 is 27.1 Å².